The highest BCUT2D eigenvalue weighted by atomic mass is 19.2. The van der Waals surface area contributed by atoms with E-state index in [-0.39, 0.29) is 24.7 Å². The summed E-state index contributed by atoms with van der Waals surface area (Å²) in [5.74, 6) is -1.29. The van der Waals surface area contributed by atoms with Gasteiger partial charge in [-0.3, -0.25) is 51.3 Å². The Balaban J connectivity index is 0.000000186. The molecule has 0 saturated carbocycles. The van der Waals surface area contributed by atoms with Gasteiger partial charge in [0.15, 0.2) is 67.6 Å². The molecule has 5 fully saturated rings. The lowest BCUT2D eigenvalue weighted by Crippen LogP contribution is -2.52. The number of nitrogens with two attached hydrogens (primary N) is 2. The van der Waals surface area contributed by atoms with Crippen LogP contribution in [0, 0.1) is 23.7 Å². The summed E-state index contributed by atoms with van der Waals surface area (Å²) in [6.45, 7) is 19.5. The number of aliphatic hydroxyl groups is 4. The van der Waals surface area contributed by atoms with Gasteiger partial charge >= 0.3 is 28.4 Å². The number of benzene rings is 2. The van der Waals surface area contributed by atoms with Gasteiger partial charge in [-0.2, -0.15) is 9.97 Å². The zero-order valence-electron chi connectivity index (χ0n) is 68.0. The molecule has 0 radical (unpaired) electrons. The zero-order valence-corrected chi connectivity index (χ0v) is 68.0. The number of hydrogen-bond acceptors (Lipinski definition) is 23. The number of rotatable bonds is 21. The molecule has 652 valence electrons. The van der Waals surface area contributed by atoms with Crippen molar-refractivity contribution in [2.24, 2.45) is 23.7 Å². The number of anilines is 2. The Morgan fingerprint density at radius 3 is 1.03 bits per heavy atom. The summed E-state index contributed by atoms with van der Waals surface area (Å²) < 4.78 is 160. The fourth-order valence-electron chi connectivity index (χ4n) is 16.2. The van der Waals surface area contributed by atoms with Crippen LogP contribution in [0.3, 0.4) is 0 Å². The number of H-pyrrole nitrogens is 1. The van der Waals surface area contributed by atoms with Crippen LogP contribution in [0.15, 0.2) is 148 Å². The topological polar surface area (TPSA) is 410 Å². The van der Waals surface area contributed by atoms with Crippen molar-refractivity contribution in [2.75, 3.05) is 32.3 Å². The van der Waals surface area contributed by atoms with E-state index in [9.17, 15) is 85.1 Å². The molecule has 5 aliphatic heterocycles. The lowest BCUT2D eigenvalue weighted by molar-refractivity contribution is -0.161. The fraction of sp³-hybridized carbons (Fsp3) is 0.595. The van der Waals surface area contributed by atoms with Crippen molar-refractivity contribution in [2.45, 2.75) is 256 Å². The van der Waals surface area contributed by atoms with Gasteiger partial charge in [0.1, 0.15) is 70.2 Å². The smallest absolute Gasteiger partial charge is 0.351 e. The normalized spacial score (nSPS) is 31.5. The van der Waals surface area contributed by atoms with Gasteiger partial charge in [0.05, 0.1) is 46.1 Å². The van der Waals surface area contributed by atoms with E-state index in [1.54, 1.807) is 118 Å². The van der Waals surface area contributed by atoms with Crippen LogP contribution in [0.4, 0.5) is 46.8 Å². The summed E-state index contributed by atoms with van der Waals surface area (Å²) in [5, 5.41) is 39.5. The molecule has 0 aliphatic carbocycles. The van der Waals surface area contributed by atoms with Crippen LogP contribution >= 0.6 is 0 Å². The lowest BCUT2D eigenvalue weighted by Gasteiger charge is -2.34. The van der Waals surface area contributed by atoms with Gasteiger partial charge in [-0.05, 0) is 108 Å². The largest absolute Gasteiger partial charge is 0.497 e. The molecule has 12 rings (SSSR count). The third kappa shape index (κ3) is 18.2. The maximum Gasteiger partial charge on any atom is 0.351 e. The molecule has 5 aliphatic rings. The van der Waals surface area contributed by atoms with E-state index >= 15 is 8.78 Å². The molecule has 118 heavy (non-hydrogen) atoms. The summed E-state index contributed by atoms with van der Waals surface area (Å²) in [4.78, 5) is 106. The fourth-order valence-corrected chi connectivity index (χ4v) is 16.2. The summed E-state index contributed by atoms with van der Waals surface area (Å²) in [5.41, 5.74) is 0.112. The number of nitrogen functional groups attached to an aromatic ring is 2. The Morgan fingerprint density at radius 1 is 0.449 bits per heavy atom. The summed E-state index contributed by atoms with van der Waals surface area (Å²) in [6.07, 6.45) is -15.3. The first kappa shape index (κ1) is 94.0. The number of alkyl halides is 8. The molecule has 31 nitrogen and oxygen atoms in total. The van der Waals surface area contributed by atoms with Crippen LogP contribution in [0.25, 0.3) is 0 Å². The van der Waals surface area contributed by atoms with Crippen molar-refractivity contribution >= 4 is 11.6 Å². The van der Waals surface area contributed by atoms with Crippen molar-refractivity contribution in [1.82, 2.24) is 46.9 Å². The predicted molar refractivity (Wildman–Crippen MR) is 416 cm³/mol. The Labute approximate surface area is 672 Å². The molecule has 0 unspecified atom stereocenters. The number of aliphatic hydroxyl groups excluding tert-OH is 4. The summed E-state index contributed by atoms with van der Waals surface area (Å²) >= 11 is 0. The van der Waals surface area contributed by atoms with Gasteiger partial charge in [-0.1, -0.05) is 79.7 Å². The van der Waals surface area contributed by atoms with E-state index in [0.29, 0.717) is 37.2 Å². The summed E-state index contributed by atoms with van der Waals surface area (Å²) in [6, 6.07) is 20.1. The molecule has 5 saturated heterocycles. The minimum Gasteiger partial charge on any atom is -0.497 e. The van der Waals surface area contributed by atoms with Crippen molar-refractivity contribution in [3.8, 4) is 11.5 Å². The molecule has 0 bridgehead atoms. The molecule has 0 amide bonds. The van der Waals surface area contributed by atoms with E-state index in [4.69, 9.17) is 44.6 Å². The number of methoxy groups -OCH3 is 2. The number of nitrogens with one attached hydrogen (secondary N) is 1. The van der Waals surface area contributed by atoms with Crippen LogP contribution in [0.2, 0.25) is 0 Å². The maximum absolute atomic E-state index is 15.1. The van der Waals surface area contributed by atoms with Crippen LogP contribution in [-0.2, 0) is 36.8 Å². The average molecular weight is 1680 g/mol. The second-order valence-electron chi connectivity index (χ2n) is 30.1. The number of aromatic nitrogens is 10. The molecule has 7 aromatic rings. The second kappa shape index (κ2) is 38.3. The monoisotopic (exact) mass is 1680 g/mol. The minimum absolute atomic E-state index is 0.0387. The van der Waals surface area contributed by atoms with Gasteiger partial charge in [0.2, 0.25) is 0 Å². The molecule has 25 atom stereocenters. The number of nitrogens with zero attached hydrogens (tertiary/aromatic N) is 9. The molecule has 5 aromatic heterocycles. The number of hydrogen-bond donors (Lipinski definition) is 7. The predicted octanol–water partition coefficient (Wildman–Crippen LogP) is 6.72. The maximum atomic E-state index is 15.1. The van der Waals surface area contributed by atoms with Crippen LogP contribution in [0.5, 0.6) is 11.5 Å². The van der Waals surface area contributed by atoms with Crippen LogP contribution < -0.4 is 66.1 Å². The minimum atomic E-state index is -2.12. The van der Waals surface area contributed by atoms with Gasteiger partial charge in [0.25, 0.3) is 16.7 Å². The molecular formula is C79H106F8N12O19. The van der Waals surface area contributed by atoms with Crippen molar-refractivity contribution in [3.63, 3.8) is 0 Å². The third-order valence-electron chi connectivity index (χ3n) is 23.9. The number of aromatic amines is 1. The first-order chi connectivity index (χ1) is 55.5. The van der Waals surface area contributed by atoms with Crippen LogP contribution in [-0.4, -0.2) is 184 Å². The van der Waals surface area contributed by atoms with Crippen molar-refractivity contribution < 1.29 is 88.7 Å². The Bertz CT molecular complexity index is 4790. The van der Waals surface area contributed by atoms with E-state index < -0.39 is 202 Å². The molecule has 10 heterocycles. The highest BCUT2D eigenvalue weighted by molar-refractivity contribution is 5.29. The molecule has 2 aromatic carbocycles. The average Bonchev–Trinajstić information content (AvgIpc) is 1.61. The van der Waals surface area contributed by atoms with Crippen molar-refractivity contribution in [1.29, 1.82) is 0 Å². The molecule has 39 heteroatoms. The van der Waals surface area contributed by atoms with Gasteiger partial charge in [0, 0.05) is 72.9 Å². The Kier molecular flexibility index (Phi) is 30.5. The van der Waals surface area contributed by atoms with Gasteiger partial charge in [-0.25, -0.2) is 59.1 Å². The lowest BCUT2D eigenvalue weighted by atomic mass is 9.81. The first-order valence-corrected chi connectivity index (χ1v) is 38.6. The SMILES string of the molecule is CC[C@@]1([C@@H](C)F)O[C@@H](n2ccc(=O)[nH]c2=O)[C@H](F)[C@@H]1C.CC[C@@]1([C@@H](C)F)O[C@@H](n2ccc(N)nc2=O)[C@H](F)[C@@H]1C.CC[C@@]1([C@@H](C)O)O[C@@H](n2ccc(=O)n(Cc3ccc(OC)cc3)c2=O)[C@H](F)[C@@H]1C.CC[C@@]1([C@H](C)O)O[C@@H](n2ccc(=O)n(Cc3ccc(OC)cc3)c2=O)[C@H](F)[C@@H]1C.C[C@@H](F)[C@]1(CO)O[C@@H](n2ccc(N)nc2=O)[C@H](F)[C@@H]1O. The number of ether oxygens (including phenoxy) is 7. The van der Waals surface area contributed by atoms with Gasteiger partial charge < -0.3 is 65.1 Å². The molecular weight excluding hydrogens is 1570 g/mol. The van der Waals surface area contributed by atoms with E-state index in [0.717, 1.165) is 62.3 Å². The highest BCUT2D eigenvalue weighted by Crippen LogP contribution is 2.51. The highest BCUT2D eigenvalue weighted by Gasteiger charge is 2.62. The third-order valence-corrected chi connectivity index (χ3v) is 23.9. The Hall–Kier alpha value is -9.48. The second-order valence-corrected chi connectivity index (χ2v) is 30.1. The molecule has 0 spiro atoms. The standard InChI is InChI=1S/2C21H27FN2O5.C13H19F2N3O2.C13H18F2N2O3.C11H15F2N3O4/c2*1-5-21(14(3)25)13(2)18(22)19(29-21)23-11-10-17(26)24(20(23)27)12-15-6-8-16(28-4)9-7-15;1-4-13(8(3)14)7(2)10(15)11(20-13)18-6-5-9(16)17-12(18)19;1-4-13(8(3)14)7(2)10(15)11(20-13)17-6-5-9(18)16-12(17)19;1-5(12)11(4-17)8(18)7(13)9(20-11)16-3-2-6(14)15-10(16)19/h2*6-11,13-14,18-19,25H,5,12H2,1-4H3;5-8,10-11H,4H2,1-3H3,(H2,16,17,19);5-8,10-11H,4H2,1-3H3,(H,16,18,19);2-3,5,7-9,17-18H,4H2,1H3,(H2,14,15,19)/t13-,14+,18+,19+,21+;13-,14-,18+,19+,21+;2*7-,8+,10+,11+,13+;5-,7-,8+,9-,11+/m00001/s1. The van der Waals surface area contributed by atoms with Crippen molar-refractivity contribution in [3.05, 3.63) is 204 Å². The summed E-state index contributed by atoms with van der Waals surface area (Å²) in [7, 11) is 3.10. The van der Waals surface area contributed by atoms with Crippen LogP contribution in [0.1, 0.15) is 158 Å². The van der Waals surface area contributed by atoms with E-state index in [2.05, 4.69) is 9.97 Å². The number of halogens is 8. The van der Waals surface area contributed by atoms with Gasteiger partial charge in [-0.15, -0.1) is 0 Å². The first-order valence-electron chi connectivity index (χ1n) is 38.6. The quantitative estimate of drug-likeness (QED) is 0.0367. The van der Waals surface area contributed by atoms with E-state index in [1.165, 1.54) is 62.9 Å². The van der Waals surface area contributed by atoms with E-state index in [1.807, 2.05) is 18.8 Å². The Morgan fingerprint density at radius 2 is 0.746 bits per heavy atom. The molecule has 9 N–H and O–H groups in total. The zero-order chi connectivity index (χ0) is 87.9.